The highest BCUT2D eigenvalue weighted by molar-refractivity contribution is 6.63. The number of benzene rings is 1. The number of anilines is 2. The van der Waals surface area contributed by atoms with Gasteiger partial charge in [-0.25, -0.2) is 4.99 Å². The van der Waals surface area contributed by atoms with Crippen molar-refractivity contribution in [2.24, 2.45) is 4.99 Å². The quantitative estimate of drug-likeness (QED) is 0.785. The molecule has 0 radical (unpaired) electrons. The normalized spacial score (nSPS) is 16.0. The highest BCUT2D eigenvalue weighted by atomic mass is 35.5. The second-order valence-corrected chi connectivity index (χ2v) is 6.52. The van der Waals surface area contributed by atoms with Gasteiger partial charge in [0.25, 0.3) is 0 Å². The van der Waals surface area contributed by atoms with Gasteiger partial charge in [0.15, 0.2) is 0 Å². The number of hydrogen-bond acceptors (Lipinski definition) is 4. The van der Waals surface area contributed by atoms with Gasteiger partial charge in [-0.1, -0.05) is 11.6 Å². The maximum Gasteiger partial charge on any atom is 0.243 e. The van der Waals surface area contributed by atoms with Crippen molar-refractivity contribution in [3.05, 3.63) is 46.1 Å². The number of Topliss-reactive ketones (excluding diaryl/α,β-unsaturated/α-hetero) is 1. The summed E-state index contributed by atoms with van der Waals surface area (Å²) in [5, 5.41) is 3.39. The molecule has 0 aliphatic heterocycles. The van der Waals surface area contributed by atoms with Crippen molar-refractivity contribution < 1.29 is 9.59 Å². The number of hydrogen-bond donors (Lipinski definition) is 1. The molecule has 1 N–H and O–H groups in total. The number of allylic oxidation sites excluding steroid dienone is 3. The fourth-order valence-corrected chi connectivity index (χ4v) is 3.01. The van der Waals surface area contributed by atoms with E-state index < -0.39 is 11.7 Å². The summed E-state index contributed by atoms with van der Waals surface area (Å²) in [7, 11) is 0. The number of carbonyl (C=O) groups is 2. The maximum atomic E-state index is 12.2. The lowest BCUT2D eigenvalue weighted by molar-refractivity contribution is -0.116. The molecule has 1 aliphatic rings. The van der Waals surface area contributed by atoms with Gasteiger partial charge in [0, 0.05) is 37.1 Å². The maximum absolute atomic E-state index is 12.2. The molecule has 1 aliphatic carbocycles. The Morgan fingerprint density at radius 3 is 2.42 bits per heavy atom. The molecule has 0 atom stereocenters. The van der Waals surface area contributed by atoms with E-state index in [1.165, 1.54) is 6.92 Å². The van der Waals surface area contributed by atoms with Crippen LogP contribution in [0.1, 0.15) is 33.3 Å². The Balaban J connectivity index is 2.37. The zero-order chi connectivity index (χ0) is 19.4. The van der Waals surface area contributed by atoms with E-state index in [9.17, 15) is 9.59 Å². The Labute approximate surface area is 159 Å². The number of aryl methyl sites for hydroxylation is 1. The highest BCUT2D eigenvalue weighted by Gasteiger charge is 2.24. The average molecular weight is 374 g/mol. The third-order valence-electron chi connectivity index (χ3n) is 4.33. The minimum Gasteiger partial charge on any atom is -0.372 e. The van der Waals surface area contributed by atoms with Crippen LogP contribution in [0.5, 0.6) is 0 Å². The predicted molar refractivity (Wildman–Crippen MR) is 108 cm³/mol. The molecule has 2 rings (SSSR count). The second kappa shape index (κ2) is 8.32. The summed E-state index contributed by atoms with van der Waals surface area (Å²) >= 11 is 6.15. The van der Waals surface area contributed by atoms with Gasteiger partial charge in [-0.15, -0.1) is 0 Å². The SMILES string of the molecule is CCN(CC)c1ccc(NC2=CC(=NC(C)=O)C(=O)C(Cl)=C2C)c(C)c1. The summed E-state index contributed by atoms with van der Waals surface area (Å²) < 4.78 is 0. The molecule has 1 amide bonds. The largest absolute Gasteiger partial charge is 0.372 e. The molecule has 0 fully saturated rings. The van der Waals surface area contributed by atoms with Crippen molar-refractivity contribution in [2.45, 2.75) is 34.6 Å². The predicted octanol–water partition coefficient (Wildman–Crippen LogP) is 4.22. The standard InChI is InChI=1S/C20H24ClN3O2/c1-6-24(7-2)15-8-9-16(12(3)10-15)23-17-11-18(22-14(5)25)20(26)19(21)13(17)4/h8-11,23H,6-7H2,1-5H3. The van der Waals surface area contributed by atoms with Crippen LogP contribution in [0.2, 0.25) is 0 Å². The van der Waals surface area contributed by atoms with E-state index in [0.29, 0.717) is 11.3 Å². The summed E-state index contributed by atoms with van der Waals surface area (Å²) in [6.07, 6.45) is 1.57. The van der Waals surface area contributed by atoms with Gasteiger partial charge in [-0.3, -0.25) is 9.59 Å². The number of halogens is 1. The van der Waals surface area contributed by atoms with Gasteiger partial charge >= 0.3 is 0 Å². The number of nitrogens with zero attached hydrogens (tertiary/aromatic N) is 2. The molecule has 0 saturated carbocycles. The first-order valence-electron chi connectivity index (χ1n) is 8.63. The van der Waals surface area contributed by atoms with E-state index in [0.717, 1.165) is 30.0 Å². The van der Waals surface area contributed by atoms with Crippen LogP contribution in [0, 0.1) is 6.92 Å². The molecule has 0 bridgehead atoms. The summed E-state index contributed by atoms with van der Waals surface area (Å²) in [5.41, 5.74) is 4.48. The lowest BCUT2D eigenvalue weighted by atomic mass is 10.0. The van der Waals surface area contributed by atoms with Crippen LogP contribution in [-0.2, 0) is 9.59 Å². The highest BCUT2D eigenvalue weighted by Crippen LogP contribution is 2.29. The fourth-order valence-electron chi connectivity index (χ4n) is 2.81. The van der Waals surface area contributed by atoms with Gasteiger partial charge in [0.05, 0.1) is 5.03 Å². The number of nitrogens with one attached hydrogen (secondary N) is 1. The summed E-state index contributed by atoms with van der Waals surface area (Å²) in [6.45, 7) is 11.2. The van der Waals surface area contributed by atoms with Crippen LogP contribution < -0.4 is 10.2 Å². The Hall–Kier alpha value is -2.40. The van der Waals surface area contributed by atoms with Gasteiger partial charge in [-0.05, 0) is 63.1 Å². The molecule has 0 heterocycles. The third kappa shape index (κ3) is 4.22. The van der Waals surface area contributed by atoms with Crippen LogP contribution in [0.25, 0.3) is 0 Å². The number of ketones is 1. The average Bonchev–Trinajstić information content (AvgIpc) is 2.60. The van der Waals surface area contributed by atoms with E-state index in [1.54, 1.807) is 13.0 Å². The molecular weight excluding hydrogens is 350 g/mol. The van der Waals surface area contributed by atoms with E-state index >= 15 is 0 Å². The van der Waals surface area contributed by atoms with E-state index in [2.05, 4.69) is 41.2 Å². The number of rotatable bonds is 5. The first-order valence-corrected chi connectivity index (χ1v) is 9.01. The lowest BCUT2D eigenvalue weighted by Crippen LogP contribution is -2.23. The smallest absolute Gasteiger partial charge is 0.243 e. The lowest BCUT2D eigenvalue weighted by Gasteiger charge is -2.23. The fraction of sp³-hybridized carbons (Fsp3) is 0.350. The Morgan fingerprint density at radius 2 is 1.88 bits per heavy atom. The van der Waals surface area contributed by atoms with Gasteiger partial charge in [0.1, 0.15) is 5.71 Å². The van der Waals surface area contributed by atoms with Crippen LogP contribution in [0.3, 0.4) is 0 Å². The van der Waals surface area contributed by atoms with Gasteiger partial charge in [0.2, 0.25) is 11.7 Å². The molecule has 6 heteroatoms. The van der Waals surface area contributed by atoms with E-state index in [1.807, 2.05) is 13.0 Å². The van der Waals surface area contributed by atoms with E-state index in [4.69, 9.17) is 11.6 Å². The van der Waals surface area contributed by atoms with Crippen molar-refractivity contribution in [1.82, 2.24) is 0 Å². The van der Waals surface area contributed by atoms with Crippen LogP contribution >= 0.6 is 11.6 Å². The molecule has 1 aromatic carbocycles. The topological polar surface area (TPSA) is 61.8 Å². The van der Waals surface area contributed by atoms with Crippen molar-refractivity contribution in [3.8, 4) is 0 Å². The van der Waals surface area contributed by atoms with Crippen molar-refractivity contribution in [2.75, 3.05) is 23.3 Å². The number of carbonyl (C=O) groups excluding carboxylic acids is 2. The molecule has 0 aromatic heterocycles. The monoisotopic (exact) mass is 373 g/mol. The van der Waals surface area contributed by atoms with Crippen LogP contribution in [0.15, 0.2) is 45.6 Å². The van der Waals surface area contributed by atoms with Crippen molar-refractivity contribution in [1.29, 1.82) is 0 Å². The molecule has 138 valence electrons. The zero-order valence-corrected chi connectivity index (χ0v) is 16.6. The minimum atomic E-state index is -0.437. The number of aliphatic imine (C=N–C) groups is 1. The molecule has 26 heavy (non-hydrogen) atoms. The zero-order valence-electron chi connectivity index (χ0n) is 15.8. The van der Waals surface area contributed by atoms with Crippen molar-refractivity contribution in [3.63, 3.8) is 0 Å². The molecule has 0 saturated heterocycles. The number of amides is 1. The van der Waals surface area contributed by atoms with Crippen molar-refractivity contribution >= 4 is 40.4 Å². The first kappa shape index (κ1) is 19.9. The molecule has 5 nitrogen and oxygen atoms in total. The Morgan fingerprint density at radius 1 is 1.23 bits per heavy atom. The summed E-state index contributed by atoms with van der Waals surface area (Å²) in [4.78, 5) is 29.5. The molecular formula is C20H24ClN3O2. The summed E-state index contributed by atoms with van der Waals surface area (Å²) in [6, 6.07) is 6.18. The van der Waals surface area contributed by atoms with E-state index in [-0.39, 0.29) is 10.7 Å². The molecule has 0 spiro atoms. The first-order chi connectivity index (χ1) is 12.3. The third-order valence-corrected chi connectivity index (χ3v) is 4.79. The van der Waals surface area contributed by atoms with Crippen LogP contribution in [0.4, 0.5) is 11.4 Å². The Kier molecular flexibility index (Phi) is 6.37. The van der Waals surface area contributed by atoms with Gasteiger partial charge in [-0.2, -0.15) is 0 Å². The summed E-state index contributed by atoms with van der Waals surface area (Å²) in [5.74, 6) is -0.869. The Bertz CT molecular complexity index is 833. The molecule has 0 unspecified atom stereocenters. The van der Waals surface area contributed by atoms with Gasteiger partial charge < -0.3 is 10.2 Å². The minimum absolute atomic E-state index is 0.0491. The molecule has 1 aromatic rings. The van der Waals surface area contributed by atoms with Crippen LogP contribution in [-0.4, -0.2) is 30.5 Å². The second-order valence-electron chi connectivity index (χ2n) is 6.14.